The van der Waals surface area contributed by atoms with Crippen LogP contribution in [0.25, 0.3) is 0 Å². The zero-order valence-electron chi connectivity index (χ0n) is 14.8. The van der Waals surface area contributed by atoms with Crippen molar-refractivity contribution in [3.05, 3.63) is 35.6 Å². The number of nitrogens with one attached hydrogen (secondary N) is 2. The van der Waals surface area contributed by atoms with Crippen LogP contribution in [0.15, 0.2) is 29.3 Å². The molecule has 4 N–H and O–H groups in total. The van der Waals surface area contributed by atoms with Crippen molar-refractivity contribution in [1.29, 1.82) is 0 Å². The number of amides is 1. The van der Waals surface area contributed by atoms with E-state index < -0.39 is 11.8 Å². The van der Waals surface area contributed by atoms with Crippen LogP contribution in [-0.2, 0) is 16.0 Å². The van der Waals surface area contributed by atoms with Crippen LogP contribution in [-0.4, -0.2) is 43.7 Å². The lowest BCUT2D eigenvalue weighted by Crippen LogP contribution is -2.49. The Morgan fingerprint density at radius 2 is 2.12 bits per heavy atom. The molecule has 8 heteroatoms. The van der Waals surface area contributed by atoms with E-state index in [9.17, 15) is 9.18 Å². The molecule has 1 aromatic carbocycles. The Labute approximate surface area is 170 Å². The van der Waals surface area contributed by atoms with Crippen LogP contribution in [0, 0.1) is 11.7 Å². The molecule has 2 aliphatic heterocycles. The first-order valence-corrected chi connectivity index (χ1v) is 8.71. The summed E-state index contributed by atoms with van der Waals surface area (Å²) in [5.41, 5.74) is 6.39. The number of fused-ring (bicyclic) bond motifs is 2. The third-order valence-corrected chi connectivity index (χ3v) is 4.97. The van der Waals surface area contributed by atoms with Crippen molar-refractivity contribution in [1.82, 2.24) is 10.6 Å². The molecule has 1 aromatic rings. The number of benzene rings is 1. The van der Waals surface area contributed by atoms with Gasteiger partial charge in [0.2, 0.25) is 5.91 Å². The van der Waals surface area contributed by atoms with Gasteiger partial charge in [0.05, 0.1) is 24.2 Å². The molecule has 4 unspecified atom stereocenters. The normalized spacial score (nSPS) is 25.5. The molecular formula is C18H26FIN4O2. The summed E-state index contributed by atoms with van der Waals surface area (Å²) in [6, 6.07) is 6.37. The van der Waals surface area contributed by atoms with Crippen molar-refractivity contribution in [2.24, 2.45) is 16.6 Å². The van der Waals surface area contributed by atoms with Gasteiger partial charge in [-0.1, -0.05) is 12.1 Å². The molecule has 3 rings (SSSR count). The quantitative estimate of drug-likeness (QED) is 0.331. The van der Waals surface area contributed by atoms with Crippen molar-refractivity contribution in [3.63, 3.8) is 0 Å². The zero-order chi connectivity index (χ0) is 17.8. The van der Waals surface area contributed by atoms with Gasteiger partial charge in [0, 0.05) is 13.6 Å². The number of primary amides is 1. The van der Waals surface area contributed by atoms with Crippen LogP contribution < -0.4 is 16.4 Å². The number of halogens is 2. The Morgan fingerprint density at radius 1 is 1.38 bits per heavy atom. The average molecular weight is 476 g/mol. The maximum atomic E-state index is 13.0. The van der Waals surface area contributed by atoms with Gasteiger partial charge >= 0.3 is 0 Å². The molecule has 4 atom stereocenters. The molecule has 2 fully saturated rings. The number of nitrogens with two attached hydrogens (primary N) is 1. The molecule has 2 bridgehead atoms. The summed E-state index contributed by atoms with van der Waals surface area (Å²) >= 11 is 0. The van der Waals surface area contributed by atoms with Crippen molar-refractivity contribution >= 4 is 35.8 Å². The summed E-state index contributed by atoms with van der Waals surface area (Å²) in [5.74, 6) is -0.447. The number of nitrogens with zero attached hydrogens (tertiary/aromatic N) is 1. The molecule has 0 radical (unpaired) electrons. The highest BCUT2D eigenvalue weighted by Crippen LogP contribution is 2.34. The molecule has 2 saturated heterocycles. The van der Waals surface area contributed by atoms with Crippen LogP contribution in [0.3, 0.4) is 0 Å². The largest absolute Gasteiger partial charge is 0.373 e. The van der Waals surface area contributed by atoms with Crippen molar-refractivity contribution in [2.45, 2.75) is 43.9 Å². The first kappa shape index (κ1) is 20.9. The van der Waals surface area contributed by atoms with Crippen LogP contribution in [0.4, 0.5) is 4.39 Å². The topological polar surface area (TPSA) is 88.7 Å². The molecule has 0 saturated carbocycles. The average Bonchev–Trinajstić information content (AvgIpc) is 3.21. The zero-order valence-corrected chi connectivity index (χ0v) is 17.1. The first-order chi connectivity index (χ1) is 12.0. The molecule has 1 amide bonds. The lowest BCUT2D eigenvalue weighted by molar-refractivity contribution is -0.121. The van der Waals surface area contributed by atoms with Crippen LogP contribution >= 0.6 is 24.0 Å². The van der Waals surface area contributed by atoms with Gasteiger partial charge < -0.3 is 21.1 Å². The molecule has 6 nitrogen and oxygen atoms in total. The van der Waals surface area contributed by atoms with E-state index in [1.165, 1.54) is 12.1 Å². The highest BCUT2D eigenvalue weighted by atomic mass is 127. The second-order valence-electron chi connectivity index (χ2n) is 6.74. The number of carbonyl (C=O) groups excluding carboxylic acids is 1. The summed E-state index contributed by atoms with van der Waals surface area (Å²) in [4.78, 5) is 16.0. The minimum Gasteiger partial charge on any atom is -0.373 e. The number of hydrogen-bond acceptors (Lipinski definition) is 3. The van der Waals surface area contributed by atoms with Gasteiger partial charge in [-0.05, 0) is 43.4 Å². The lowest BCUT2D eigenvalue weighted by atomic mass is 9.95. The molecule has 0 spiro atoms. The fourth-order valence-corrected chi connectivity index (χ4v) is 3.56. The summed E-state index contributed by atoms with van der Waals surface area (Å²) < 4.78 is 18.8. The fourth-order valence-electron chi connectivity index (χ4n) is 3.56. The van der Waals surface area contributed by atoms with E-state index in [2.05, 4.69) is 15.6 Å². The Morgan fingerprint density at radius 3 is 2.65 bits per heavy atom. The fraction of sp³-hybridized carbons (Fsp3) is 0.556. The number of hydrogen-bond donors (Lipinski definition) is 3. The van der Waals surface area contributed by atoms with Gasteiger partial charge in [0.25, 0.3) is 0 Å². The summed E-state index contributed by atoms with van der Waals surface area (Å²) in [6.45, 7) is 0.369. The molecule has 0 aromatic heterocycles. The van der Waals surface area contributed by atoms with E-state index in [1.54, 1.807) is 19.2 Å². The predicted octanol–water partition coefficient (Wildman–Crippen LogP) is 1.57. The predicted molar refractivity (Wildman–Crippen MR) is 109 cm³/mol. The van der Waals surface area contributed by atoms with Gasteiger partial charge in [-0.3, -0.25) is 9.79 Å². The first-order valence-electron chi connectivity index (χ1n) is 8.71. The Kier molecular flexibility index (Phi) is 7.63. The SMILES string of the molecule is CN=C(NCC(Cc1ccc(F)cc1)C(N)=O)NC1CC2CCC1O2.I. The molecule has 2 heterocycles. The second kappa shape index (κ2) is 9.50. The minimum absolute atomic E-state index is 0. The minimum atomic E-state index is -0.403. The van der Waals surface area contributed by atoms with E-state index in [-0.39, 0.29) is 41.9 Å². The van der Waals surface area contributed by atoms with Crippen molar-refractivity contribution < 1.29 is 13.9 Å². The maximum Gasteiger partial charge on any atom is 0.222 e. The highest BCUT2D eigenvalue weighted by molar-refractivity contribution is 14.0. The Bertz CT molecular complexity index is 641. The van der Waals surface area contributed by atoms with Gasteiger partial charge in [-0.25, -0.2) is 4.39 Å². The summed E-state index contributed by atoms with van der Waals surface area (Å²) in [7, 11) is 1.70. The van der Waals surface area contributed by atoms with Gasteiger partial charge in [0.1, 0.15) is 5.82 Å². The maximum absolute atomic E-state index is 13.0. The molecule has 2 aliphatic rings. The number of guanidine groups is 1. The number of rotatable bonds is 6. The van der Waals surface area contributed by atoms with Gasteiger partial charge in [-0.15, -0.1) is 24.0 Å². The van der Waals surface area contributed by atoms with Crippen LogP contribution in [0.2, 0.25) is 0 Å². The Hall–Kier alpha value is -1.42. The summed E-state index contributed by atoms with van der Waals surface area (Å²) in [5, 5.41) is 6.55. The van der Waals surface area contributed by atoms with Crippen molar-refractivity contribution in [2.75, 3.05) is 13.6 Å². The van der Waals surface area contributed by atoms with E-state index in [1.807, 2.05) is 0 Å². The third kappa shape index (κ3) is 5.29. The van der Waals surface area contributed by atoms with E-state index in [0.717, 1.165) is 24.8 Å². The summed E-state index contributed by atoms with van der Waals surface area (Å²) in [6.07, 6.45) is 4.26. The standard InChI is InChI=1S/C18H25FN4O2.HI/c1-21-18(23-15-9-14-6-7-16(15)25-14)22-10-12(17(20)24)8-11-2-4-13(19)5-3-11;/h2-5,12,14-16H,6-10H2,1H3,(H2,20,24)(H2,21,22,23);1H. The smallest absolute Gasteiger partial charge is 0.222 e. The van der Waals surface area contributed by atoms with Gasteiger partial charge in [-0.2, -0.15) is 0 Å². The Balaban J connectivity index is 0.00000243. The van der Waals surface area contributed by atoms with Gasteiger partial charge in [0.15, 0.2) is 5.96 Å². The van der Waals surface area contributed by atoms with E-state index in [0.29, 0.717) is 25.0 Å². The second-order valence-corrected chi connectivity index (χ2v) is 6.74. The van der Waals surface area contributed by atoms with Crippen LogP contribution in [0.5, 0.6) is 0 Å². The third-order valence-electron chi connectivity index (χ3n) is 4.97. The molecule has 0 aliphatic carbocycles. The molecule has 26 heavy (non-hydrogen) atoms. The molecular weight excluding hydrogens is 450 g/mol. The highest BCUT2D eigenvalue weighted by Gasteiger charge is 2.41. The molecule has 144 valence electrons. The number of aliphatic imine (C=N–C) groups is 1. The van der Waals surface area contributed by atoms with Crippen LogP contribution in [0.1, 0.15) is 24.8 Å². The monoisotopic (exact) mass is 476 g/mol. The van der Waals surface area contributed by atoms with E-state index in [4.69, 9.17) is 10.5 Å². The number of ether oxygens (including phenoxy) is 1. The van der Waals surface area contributed by atoms with Crippen molar-refractivity contribution in [3.8, 4) is 0 Å². The lowest BCUT2D eigenvalue weighted by Gasteiger charge is -2.23. The van der Waals surface area contributed by atoms with E-state index >= 15 is 0 Å². The number of carbonyl (C=O) groups is 1.